The van der Waals surface area contributed by atoms with Crippen LogP contribution in [0.2, 0.25) is 0 Å². The number of carbonyl (C=O) groups excluding carboxylic acids is 1. The van der Waals surface area contributed by atoms with E-state index >= 15 is 0 Å². The van der Waals surface area contributed by atoms with Crippen molar-refractivity contribution in [1.82, 2.24) is 9.55 Å². The third kappa shape index (κ3) is 2.45. The molecule has 0 fully saturated rings. The number of H-pyrrole nitrogens is 1. The van der Waals surface area contributed by atoms with Crippen LogP contribution in [0.3, 0.4) is 0 Å². The largest absolute Gasteiger partial charge is 0.361 e. The molecular weight excluding hydrogens is 260 g/mol. The fraction of sp³-hybridized carbons (Fsp3) is 0.500. The molecule has 2 rings (SSSR count). The molecule has 0 spiro atoms. The van der Waals surface area contributed by atoms with Crippen molar-refractivity contribution in [3.8, 4) is 0 Å². The third-order valence-electron chi connectivity index (χ3n) is 4.77. The van der Waals surface area contributed by atoms with Crippen molar-refractivity contribution in [2.24, 2.45) is 7.05 Å². The standard InChI is InChI=1S/C18H26N2O/c1-8-15(16-9-10(2)20(7)13(16)5)18-11(3)17(14(6)21)12(4)19-18/h9,15,19H,8H2,1-7H3. The number of aryl methyl sites for hydroxylation is 2. The van der Waals surface area contributed by atoms with E-state index in [2.05, 4.69) is 50.4 Å². The predicted octanol–water partition coefficient (Wildman–Crippen LogP) is 4.33. The van der Waals surface area contributed by atoms with Gasteiger partial charge < -0.3 is 9.55 Å². The van der Waals surface area contributed by atoms with E-state index in [-0.39, 0.29) is 5.78 Å². The summed E-state index contributed by atoms with van der Waals surface area (Å²) in [6.07, 6.45) is 1.02. The van der Waals surface area contributed by atoms with Crippen molar-refractivity contribution < 1.29 is 4.79 Å². The molecule has 3 nitrogen and oxygen atoms in total. The zero-order chi connectivity index (χ0) is 15.9. The van der Waals surface area contributed by atoms with Gasteiger partial charge in [-0.1, -0.05) is 6.92 Å². The molecule has 2 aromatic rings. The molecule has 0 aromatic carbocycles. The second-order valence-corrected chi connectivity index (χ2v) is 6.07. The van der Waals surface area contributed by atoms with Gasteiger partial charge in [0.2, 0.25) is 0 Å². The van der Waals surface area contributed by atoms with Gasteiger partial charge in [0, 0.05) is 41.3 Å². The highest BCUT2D eigenvalue weighted by Gasteiger charge is 2.24. The Hall–Kier alpha value is -1.77. The van der Waals surface area contributed by atoms with E-state index in [1.807, 2.05) is 6.92 Å². The number of rotatable bonds is 4. The van der Waals surface area contributed by atoms with Gasteiger partial charge >= 0.3 is 0 Å². The van der Waals surface area contributed by atoms with Crippen LogP contribution in [-0.4, -0.2) is 15.3 Å². The Morgan fingerprint density at radius 2 is 1.90 bits per heavy atom. The van der Waals surface area contributed by atoms with E-state index < -0.39 is 0 Å². The molecule has 1 atom stereocenters. The Morgan fingerprint density at radius 3 is 2.29 bits per heavy atom. The van der Waals surface area contributed by atoms with Crippen LogP contribution in [0.15, 0.2) is 6.07 Å². The molecule has 0 saturated carbocycles. The molecule has 0 aliphatic rings. The lowest BCUT2D eigenvalue weighted by atomic mass is 9.90. The number of aromatic amines is 1. The molecule has 1 N–H and O–H groups in total. The van der Waals surface area contributed by atoms with E-state index in [0.717, 1.165) is 23.2 Å². The van der Waals surface area contributed by atoms with Gasteiger partial charge in [-0.25, -0.2) is 0 Å². The van der Waals surface area contributed by atoms with Gasteiger partial charge in [-0.15, -0.1) is 0 Å². The summed E-state index contributed by atoms with van der Waals surface area (Å²) in [5, 5.41) is 0. The summed E-state index contributed by atoms with van der Waals surface area (Å²) in [5.41, 5.74) is 8.06. The summed E-state index contributed by atoms with van der Waals surface area (Å²) >= 11 is 0. The van der Waals surface area contributed by atoms with Crippen molar-refractivity contribution in [3.05, 3.63) is 45.5 Å². The SMILES string of the molecule is CCC(c1cc(C)n(C)c1C)c1[nH]c(C)c(C(C)=O)c1C. The lowest BCUT2D eigenvalue weighted by molar-refractivity contribution is 0.101. The van der Waals surface area contributed by atoms with Crippen LogP contribution in [0.5, 0.6) is 0 Å². The monoisotopic (exact) mass is 286 g/mol. The zero-order valence-corrected chi connectivity index (χ0v) is 14.2. The van der Waals surface area contributed by atoms with Crippen molar-refractivity contribution in [3.63, 3.8) is 0 Å². The van der Waals surface area contributed by atoms with Crippen LogP contribution in [-0.2, 0) is 7.05 Å². The van der Waals surface area contributed by atoms with Gasteiger partial charge in [0.25, 0.3) is 0 Å². The molecule has 0 aliphatic carbocycles. The summed E-state index contributed by atoms with van der Waals surface area (Å²) in [6, 6.07) is 2.27. The molecule has 114 valence electrons. The van der Waals surface area contributed by atoms with Crippen LogP contribution in [0.4, 0.5) is 0 Å². The minimum absolute atomic E-state index is 0.142. The average Bonchev–Trinajstić information content (AvgIpc) is 2.83. The maximum Gasteiger partial charge on any atom is 0.161 e. The molecule has 1 unspecified atom stereocenters. The highest BCUT2D eigenvalue weighted by Crippen LogP contribution is 2.35. The molecule has 2 heterocycles. The van der Waals surface area contributed by atoms with E-state index in [0.29, 0.717) is 5.92 Å². The Morgan fingerprint density at radius 1 is 1.29 bits per heavy atom. The minimum Gasteiger partial charge on any atom is -0.361 e. The minimum atomic E-state index is 0.142. The van der Waals surface area contributed by atoms with Gasteiger partial charge in [-0.05, 0) is 58.2 Å². The quantitative estimate of drug-likeness (QED) is 0.835. The summed E-state index contributed by atoms with van der Waals surface area (Å²) in [5.74, 6) is 0.458. The smallest absolute Gasteiger partial charge is 0.161 e. The average molecular weight is 286 g/mol. The van der Waals surface area contributed by atoms with Gasteiger partial charge in [0.1, 0.15) is 0 Å². The normalized spacial score (nSPS) is 12.7. The molecule has 0 bridgehead atoms. The number of nitrogens with zero attached hydrogens (tertiary/aromatic N) is 1. The first-order chi connectivity index (χ1) is 9.79. The highest BCUT2D eigenvalue weighted by atomic mass is 16.1. The van der Waals surface area contributed by atoms with E-state index in [9.17, 15) is 4.79 Å². The number of nitrogens with one attached hydrogen (secondary N) is 1. The summed E-state index contributed by atoms with van der Waals surface area (Å²) in [7, 11) is 2.11. The molecule has 0 saturated heterocycles. The van der Waals surface area contributed by atoms with E-state index in [1.54, 1.807) is 6.92 Å². The first kappa shape index (κ1) is 15.6. The predicted molar refractivity (Wildman–Crippen MR) is 87.3 cm³/mol. The molecule has 0 aliphatic heterocycles. The van der Waals surface area contributed by atoms with Crippen molar-refractivity contribution >= 4 is 5.78 Å². The van der Waals surface area contributed by atoms with Crippen molar-refractivity contribution in [2.75, 3.05) is 0 Å². The Kier molecular flexibility index (Phi) is 4.13. The Balaban J connectivity index is 2.60. The maximum atomic E-state index is 11.8. The van der Waals surface area contributed by atoms with Crippen LogP contribution < -0.4 is 0 Å². The highest BCUT2D eigenvalue weighted by molar-refractivity contribution is 5.97. The summed E-state index contributed by atoms with van der Waals surface area (Å²) < 4.78 is 2.23. The zero-order valence-electron chi connectivity index (χ0n) is 14.2. The number of hydrogen-bond acceptors (Lipinski definition) is 1. The Labute approximate surface area is 127 Å². The van der Waals surface area contributed by atoms with Gasteiger partial charge in [0.05, 0.1) is 0 Å². The molecular formula is C18H26N2O. The van der Waals surface area contributed by atoms with Gasteiger partial charge in [0.15, 0.2) is 5.78 Å². The van der Waals surface area contributed by atoms with Crippen LogP contribution in [0.25, 0.3) is 0 Å². The fourth-order valence-corrected chi connectivity index (χ4v) is 3.47. The van der Waals surface area contributed by atoms with Crippen molar-refractivity contribution in [2.45, 2.75) is 53.9 Å². The van der Waals surface area contributed by atoms with E-state index in [4.69, 9.17) is 0 Å². The molecule has 0 radical (unpaired) electrons. The summed E-state index contributed by atoms with van der Waals surface area (Å²) in [4.78, 5) is 15.3. The second-order valence-electron chi connectivity index (χ2n) is 6.07. The van der Waals surface area contributed by atoms with Crippen LogP contribution in [0.1, 0.15) is 70.4 Å². The first-order valence-electron chi connectivity index (χ1n) is 7.62. The topological polar surface area (TPSA) is 37.8 Å². The van der Waals surface area contributed by atoms with Gasteiger partial charge in [-0.2, -0.15) is 0 Å². The van der Waals surface area contributed by atoms with Crippen LogP contribution >= 0.6 is 0 Å². The number of ketones is 1. The van der Waals surface area contributed by atoms with Crippen LogP contribution in [0, 0.1) is 27.7 Å². The first-order valence-corrected chi connectivity index (χ1v) is 7.62. The summed E-state index contributed by atoms with van der Waals surface area (Å²) in [6.45, 7) is 12.2. The molecule has 2 aromatic heterocycles. The van der Waals surface area contributed by atoms with E-state index in [1.165, 1.54) is 22.6 Å². The third-order valence-corrected chi connectivity index (χ3v) is 4.77. The lowest BCUT2D eigenvalue weighted by Gasteiger charge is -2.16. The number of carbonyl (C=O) groups is 1. The lowest BCUT2D eigenvalue weighted by Crippen LogP contribution is -2.04. The fourth-order valence-electron chi connectivity index (χ4n) is 3.47. The number of Topliss-reactive ketones (excluding diaryl/α,β-unsaturated/α-hetero) is 1. The van der Waals surface area contributed by atoms with Gasteiger partial charge in [-0.3, -0.25) is 4.79 Å². The molecule has 21 heavy (non-hydrogen) atoms. The Bertz CT molecular complexity index is 689. The second kappa shape index (κ2) is 5.55. The number of aromatic nitrogens is 2. The molecule has 0 amide bonds. The molecule has 3 heteroatoms. The number of hydrogen-bond donors (Lipinski definition) is 1. The van der Waals surface area contributed by atoms with Crippen molar-refractivity contribution in [1.29, 1.82) is 0 Å². The maximum absolute atomic E-state index is 11.8.